The van der Waals surface area contributed by atoms with Gasteiger partial charge >= 0.3 is 18.1 Å². The topological polar surface area (TPSA) is 74.6 Å². The molecule has 0 aromatic rings. The normalized spacial score (nSPS) is 32.7. The van der Waals surface area contributed by atoms with Crippen LogP contribution in [0, 0.1) is 11.3 Å². The Morgan fingerprint density at radius 3 is 1.85 bits per heavy atom. The van der Waals surface area contributed by atoms with Crippen molar-refractivity contribution in [1.82, 2.24) is 0 Å². The van der Waals surface area contributed by atoms with E-state index in [4.69, 9.17) is 10.2 Å². The summed E-state index contributed by atoms with van der Waals surface area (Å²) < 4.78 is 36.3. The van der Waals surface area contributed by atoms with Crippen molar-refractivity contribution in [2.24, 2.45) is 11.3 Å². The number of alkyl halides is 3. The van der Waals surface area contributed by atoms with E-state index in [0.717, 1.165) is 0 Å². The summed E-state index contributed by atoms with van der Waals surface area (Å²) in [6, 6.07) is 0. The number of rotatable bonds is 2. The number of carbonyl (C=O) groups is 2. The summed E-state index contributed by atoms with van der Waals surface area (Å²) in [7, 11) is 0. The molecule has 0 aromatic carbocycles. The lowest BCUT2D eigenvalue weighted by atomic mass is 10.0. The van der Waals surface area contributed by atoms with Gasteiger partial charge in [0.15, 0.2) is 5.41 Å². The lowest BCUT2D eigenvalue weighted by Gasteiger charge is -2.14. The van der Waals surface area contributed by atoms with Crippen molar-refractivity contribution < 1.29 is 33.0 Å². The van der Waals surface area contributed by atoms with Crippen LogP contribution in [0.1, 0.15) is 6.42 Å². The van der Waals surface area contributed by atoms with Crippen LogP contribution < -0.4 is 0 Å². The highest BCUT2D eigenvalue weighted by Crippen LogP contribution is 2.62. The number of hydrogen-bond donors (Lipinski definition) is 2. The molecule has 74 valence electrons. The number of hydrogen-bond acceptors (Lipinski definition) is 2. The van der Waals surface area contributed by atoms with E-state index in [9.17, 15) is 22.8 Å². The molecule has 7 heteroatoms. The maximum Gasteiger partial charge on any atom is 0.405 e. The molecule has 0 heterocycles. The molecule has 0 aromatic heterocycles. The van der Waals surface area contributed by atoms with Crippen LogP contribution in [0.4, 0.5) is 13.2 Å². The van der Waals surface area contributed by atoms with E-state index < -0.39 is 35.9 Å². The van der Waals surface area contributed by atoms with Crippen molar-refractivity contribution >= 4 is 11.9 Å². The molecule has 1 rings (SSSR count). The summed E-state index contributed by atoms with van der Waals surface area (Å²) >= 11 is 0. The number of halogens is 3. The Morgan fingerprint density at radius 1 is 1.31 bits per heavy atom. The molecule has 1 aliphatic rings. The maximum absolute atomic E-state index is 12.1. The second kappa shape index (κ2) is 2.36. The minimum atomic E-state index is -5.00. The smallest absolute Gasteiger partial charge is 0.405 e. The van der Waals surface area contributed by atoms with Gasteiger partial charge in [-0.2, -0.15) is 13.2 Å². The zero-order chi connectivity index (χ0) is 10.4. The summed E-state index contributed by atoms with van der Waals surface area (Å²) in [5.74, 6) is -5.68. The molecule has 2 atom stereocenters. The summed E-state index contributed by atoms with van der Waals surface area (Å²) in [5, 5.41) is 16.5. The largest absolute Gasteiger partial charge is 0.481 e. The molecule has 1 saturated carbocycles. The van der Waals surface area contributed by atoms with Gasteiger partial charge in [0.25, 0.3) is 0 Å². The highest BCUT2D eigenvalue weighted by molar-refractivity contribution is 5.90. The Bertz CT molecular complexity index is 272. The van der Waals surface area contributed by atoms with Crippen molar-refractivity contribution in [3.8, 4) is 0 Å². The Morgan fingerprint density at radius 2 is 1.77 bits per heavy atom. The van der Waals surface area contributed by atoms with E-state index in [2.05, 4.69) is 0 Å². The quantitative estimate of drug-likeness (QED) is 0.685. The van der Waals surface area contributed by atoms with Gasteiger partial charge in [0.2, 0.25) is 0 Å². The van der Waals surface area contributed by atoms with Gasteiger partial charge in [-0.05, 0) is 6.42 Å². The molecule has 2 unspecified atom stereocenters. The van der Waals surface area contributed by atoms with Crippen LogP contribution in [0.5, 0.6) is 0 Å². The average Bonchev–Trinajstić information content (AvgIpc) is 2.57. The van der Waals surface area contributed by atoms with Crippen LogP contribution in [0.3, 0.4) is 0 Å². The van der Waals surface area contributed by atoms with E-state index in [-0.39, 0.29) is 0 Å². The highest BCUT2D eigenvalue weighted by Gasteiger charge is 2.78. The Labute approximate surface area is 70.0 Å². The third-order valence-corrected chi connectivity index (χ3v) is 2.15. The Kier molecular flexibility index (Phi) is 1.78. The monoisotopic (exact) mass is 198 g/mol. The molecule has 13 heavy (non-hydrogen) atoms. The van der Waals surface area contributed by atoms with Gasteiger partial charge in [0.05, 0.1) is 5.92 Å². The minimum absolute atomic E-state index is 0.874. The van der Waals surface area contributed by atoms with Crippen LogP contribution >= 0.6 is 0 Å². The fourth-order valence-corrected chi connectivity index (χ4v) is 1.23. The van der Waals surface area contributed by atoms with E-state index in [1.165, 1.54) is 0 Å². The van der Waals surface area contributed by atoms with Crippen molar-refractivity contribution in [2.45, 2.75) is 12.6 Å². The van der Waals surface area contributed by atoms with E-state index in [1.807, 2.05) is 0 Å². The molecule has 0 aliphatic heterocycles. The lowest BCUT2D eigenvalue weighted by molar-refractivity contribution is -0.208. The first-order valence-electron chi connectivity index (χ1n) is 3.26. The molecule has 1 aliphatic carbocycles. The standard InChI is InChI=1S/C6H5F3O4/c7-6(8,9)5(4(12)13)1-2(5)3(10)11/h2H,1H2,(H,10,11)(H,12,13). The number of carboxylic acid groups (broad SMARTS) is 2. The predicted molar refractivity (Wildman–Crippen MR) is 31.9 cm³/mol. The highest BCUT2D eigenvalue weighted by atomic mass is 19.4. The van der Waals surface area contributed by atoms with E-state index >= 15 is 0 Å². The maximum atomic E-state index is 12.1. The third-order valence-electron chi connectivity index (χ3n) is 2.15. The van der Waals surface area contributed by atoms with Crippen molar-refractivity contribution in [3.05, 3.63) is 0 Å². The zero-order valence-corrected chi connectivity index (χ0v) is 6.13. The second-order valence-electron chi connectivity index (χ2n) is 2.87. The van der Waals surface area contributed by atoms with Gasteiger partial charge in [0, 0.05) is 0 Å². The molecule has 4 nitrogen and oxygen atoms in total. The molecular weight excluding hydrogens is 193 g/mol. The first kappa shape index (κ1) is 9.82. The summed E-state index contributed by atoms with van der Waals surface area (Å²) in [6.45, 7) is 0. The second-order valence-corrected chi connectivity index (χ2v) is 2.87. The van der Waals surface area contributed by atoms with Gasteiger partial charge < -0.3 is 10.2 Å². The Hall–Kier alpha value is -1.27. The fourth-order valence-electron chi connectivity index (χ4n) is 1.23. The van der Waals surface area contributed by atoms with Gasteiger partial charge in [-0.25, -0.2) is 0 Å². The number of carboxylic acids is 2. The molecule has 2 N–H and O–H groups in total. The molecule has 0 spiro atoms. The van der Waals surface area contributed by atoms with Crippen molar-refractivity contribution in [3.63, 3.8) is 0 Å². The Balaban J connectivity index is 2.97. The van der Waals surface area contributed by atoms with Crippen molar-refractivity contribution in [1.29, 1.82) is 0 Å². The molecule has 0 radical (unpaired) electrons. The summed E-state index contributed by atoms with van der Waals surface area (Å²) in [6.07, 6.45) is -5.87. The fraction of sp³-hybridized carbons (Fsp3) is 0.667. The average molecular weight is 198 g/mol. The SMILES string of the molecule is O=C(O)C1CC1(C(=O)O)C(F)(F)F. The lowest BCUT2D eigenvalue weighted by Crippen LogP contribution is -2.36. The van der Waals surface area contributed by atoms with E-state index in [0.29, 0.717) is 0 Å². The van der Waals surface area contributed by atoms with Crippen molar-refractivity contribution in [2.75, 3.05) is 0 Å². The number of aliphatic carboxylic acids is 2. The van der Waals surface area contributed by atoms with Crippen LogP contribution in [0.2, 0.25) is 0 Å². The molecule has 0 saturated heterocycles. The predicted octanol–water partition coefficient (Wildman–Crippen LogP) is 0.724. The van der Waals surface area contributed by atoms with Gasteiger partial charge in [-0.15, -0.1) is 0 Å². The van der Waals surface area contributed by atoms with Crippen LogP contribution in [-0.2, 0) is 9.59 Å². The molecule has 1 fully saturated rings. The van der Waals surface area contributed by atoms with E-state index in [1.54, 1.807) is 0 Å². The van der Waals surface area contributed by atoms with Gasteiger partial charge in [-0.1, -0.05) is 0 Å². The molecule has 0 amide bonds. The van der Waals surface area contributed by atoms with Gasteiger partial charge in [0.1, 0.15) is 0 Å². The third kappa shape index (κ3) is 1.14. The van der Waals surface area contributed by atoms with Gasteiger partial charge in [-0.3, -0.25) is 9.59 Å². The van der Waals surface area contributed by atoms with Crippen LogP contribution in [0.25, 0.3) is 0 Å². The first-order valence-corrected chi connectivity index (χ1v) is 3.26. The molecular formula is C6H5F3O4. The summed E-state index contributed by atoms with van der Waals surface area (Å²) in [5.41, 5.74) is -3.06. The first-order chi connectivity index (χ1) is 5.73. The summed E-state index contributed by atoms with van der Waals surface area (Å²) in [4.78, 5) is 20.4. The molecule has 0 bridgehead atoms. The minimum Gasteiger partial charge on any atom is -0.481 e. The van der Waals surface area contributed by atoms with Crippen LogP contribution in [-0.4, -0.2) is 28.3 Å². The van der Waals surface area contributed by atoms with Crippen LogP contribution in [0.15, 0.2) is 0 Å². The zero-order valence-electron chi connectivity index (χ0n) is 6.13.